The van der Waals surface area contributed by atoms with Crippen LogP contribution in [0.15, 0.2) is 78.9 Å². The van der Waals surface area contributed by atoms with Crippen molar-refractivity contribution in [2.75, 3.05) is 13.2 Å². The molecule has 0 unspecified atom stereocenters. The van der Waals surface area contributed by atoms with Crippen molar-refractivity contribution in [3.63, 3.8) is 0 Å². The number of halogens is 2. The lowest BCUT2D eigenvalue weighted by molar-refractivity contribution is 0.0624. The lowest BCUT2D eigenvalue weighted by Crippen LogP contribution is -2.35. The number of aliphatic hydroxyl groups is 1. The molecule has 0 aliphatic heterocycles. The van der Waals surface area contributed by atoms with Gasteiger partial charge in [0.1, 0.15) is 30.1 Å². The van der Waals surface area contributed by atoms with Crippen LogP contribution in [-0.2, 0) is 13.1 Å². The molecule has 0 aliphatic rings. The molecular formula is C23H23F2NO2. The summed E-state index contributed by atoms with van der Waals surface area (Å²) in [6.45, 7) is 1.20. The minimum Gasteiger partial charge on any atom is -0.491 e. The van der Waals surface area contributed by atoms with E-state index in [1.54, 1.807) is 0 Å². The highest BCUT2D eigenvalue weighted by atomic mass is 19.1. The van der Waals surface area contributed by atoms with Crippen molar-refractivity contribution in [1.29, 1.82) is 0 Å². The lowest BCUT2D eigenvalue weighted by Gasteiger charge is -2.25. The first-order valence-corrected chi connectivity index (χ1v) is 9.16. The number of hydrogen-bond acceptors (Lipinski definition) is 3. The Hall–Kier alpha value is -2.76. The van der Waals surface area contributed by atoms with Gasteiger partial charge in [-0.15, -0.1) is 0 Å². The van der Waals surface area contributed by atoms with Crippen LogP contribution in [0.25, 0.3) is 0 Å². The summed E-state index contributed by atoms with van der Waals surface area (Å²) >= 11 is 0. The fraction of sp³-hybridized carbons (Fsp3) is 0.217. The van der Waals surface area contributed by atoms with Crippen LogP contribution in [0.5, 0.6) is 5.75 Å². The molecule has 28 heavy (non-hydrogen) atoms. The number of para-hydroxylation sites is 1. The maximum Gasteiger partial charge on any atom is 0.130 e. The van der Waals surface area contributed by atoms with Crippen molar-refractivity contribution in [2.24, 2.45) is 0 Å². The normalized spacial score (nSPS) is 12.1. The fourth-order valence-corrected chi connectivity index (χ4v) is 2.98. The molecule has 0 bridgehead atoms. The van der Waals surface area contributed by atoms with Gasteiger partial charge in [-0.3, -0.25) is 4.90 Å². The highest BCUT2D eigenvalue weighted by molar-refractivity contribution is 5.21. The summed E-state index contributed by atoms with van der Waals surface area (Å²) in [6.07, 6.45) is -0.757. The topological polar surface area (TPSA) is 32.7 Å². The van der Waals surface area contributed by atoms with Crippen LogP contribution in [0, 0.1) is 11.6 Å². The number of aliphatic hydroxyl groups excluding tert-OH is 1. The van der Waals surface area contributed by atoms with Crippen LogP contribution in [0.1, 0.15) is 11.1 Å². The van der Waals surface area contributed by atoms with Crippen molar-refractivity contribution >= 4 is 0 Å². The summed E-state index contributed by atoms with van der Waals surface area (Å²) < 4.78 is 32.9. The second-order valence-electron chi connectivity index (χ2n) is 6.67. The van der Waals surface area contributed by atoms with E-state index in [-0.39, 0.29) is 13.2 Å². The average molecular weight is 383 g/mol. The molecule has 0 saturated carbocycles. The molecule has 1 atom stereocenters. The molecule has 0 amide bonds. The van der Waals surface area contributed by atoms with Gasteiger partial charge < -0.3 is 9.84 Å². The van der Waals surface area contributed by atoms with Gasteiger partial charge in [0.15, 0.2) is 0 Å². The number of ether oxygens (including phenoxy) is 1. The van der Waals surface area contributed by atoms with Gasteiger partial charge in [-0.2, -0.15) is 0 Å². The number of nitrogens with zero attached hydrogens (tertiary/aromatic N) is 1. The van der Waals surface area contributed by atoms with Crippen molar-refractivity contribution in [2.45, 2.75) is 19.2 Å². The zero-order valence-corrected chi connectivity index (χ0v) is 15.5. The number of benzene rings is 3. The van der Waals surface area contributed by atoms with E-state index in [1.165, 1.54) is 12.1 Å². The highest BCUT2D eigenvalue weighted by Crippen LogP contribution is 2.16. The molecule has 0 radical (unpaired) electrons. The lowest BCUT2D eigenvalue weighted by atomic mass is 10.1. The maximum atomic E-state index is 14.1. The molecule has 5 heteroatoms. The molecule has 0 aromatic heterocycles. The van der Waals surface area contributed by atoms with Crippen LogP contribution in [-0.4, -0.2) is 29.3 Å². The third kappa shape index (κ3) is 6.15. The second kappa shape index (κ2) is 9.97. The molecule has 3 rings (SSSR count). The molecule has 146 valence electrons. The second-order valence-corrected chi connectivity index (χ2v) is 6.67. The first kappa shape index (κ1) is 20.0. The van der Waals surface area contributed by atoms with Gasteiger partial charge in [0.25, 0.3) is 0 Å². The number of rotatable bonds is 9. The van der Waals surface area contributed by atoms with Crippen molar-refractivity contribution in [1.82, 2.24) is 4.90 Å². The third-order valence-corrected chi connectivity index (χ3v) is 4.31. The zero-order valence-electron chi connectivity index (χ0n) is 15.5. The van der Waals surface area contributed by atoms with Crippen LogP contribution >= 0.6 is 0 Å². The average Bonchev–Trinajstić information content (AvgIpc) is 2.70. The quantitative estimate of drug-likeness (QED) is 0.594. The molecule has 0 fully saturated rings. The van der Waals surface area contributed by atoms with E-state index in [0.29, 0.717) is 24.4 Å². The van der Waals surface area contributed by atoms with E-state index in [4.69, 9.17) is 4.74 Å². The van der Waals surface area contributed by atoms with Gasteiger partial charge in [-0.1, -0.05) is 54.6 Å². The Kier molecular flexibility index (Phi) is 7.12. The van der Waals surface area contributed by atoms with E-state index in [2.05, 4.69) is 0 Å². The Labute approximate surface area is 163 Å². The van der Waals surface area contributed by atoms with Crippen molar-refractivity contribution < 1.29 is 18.6 Å². The fourth-order valence-electron chi connectivity index (χ4n) is 2.98. The minimum atomic E-state index is -0.757. The van der Waals surface area contributed by atoms with Crippen molar-refractivity contribution in [3.05, 3.63) is 102 Å². The summed E-state index contributed by atoms with van der Waals surface area (Å²) in [5, 5.41) is 10.4. The molecule has 0 aliphatic carbocycles. The first-order chi connectivity index (χ1) is 13.6. The summed E-state index contributed by atoms with van der Waals surface area (Å²) in [5.41, 5.74) is 1.43. The summed E-state index contributed by atoms with van der Waals surface area (Å²) in [4.78, 5) is 1.92. The molecule has 3 aromatic carbocycles. The standard InChI is InChI=1S/C23H23F2NO2/c24-20-12-11-19(23(25)13-20)15-26(14-18-7-3-1-4-8-18)16-21(27)17-28-22-9-5-2-6-10-22/h1-13,21,27H,14-17H2/t21-/m1/s1. The van der Waals surface area contributed by atoms with Gasteiger partial charge >= 0.3 is 0 Å². The SMILES string of the molecule is O[C@@H](COc1ccccc1)CN(Cc1ccccc1)Cc1ccc(F)cc1F. The predicted octanol–water partition coefficient (Wildman–Crippen LogP) is 4.41. The Bertz CT molecular complexity index is 859. The Morgan fingerprint density at radius 1 is 0.857 bits per heavy atom. The largest absolute Gasteiger partial charge is 0.491 e. The zero-order chi connectivity index (χ0) is 19.8. The predicted molar refractivity (Wildman–Crippen MR) is 105 cm³/mol. The summed E-state index contributed by atoms with van der Waals surface area (Å²) in [7, 11) is 0. The number of hydrogen-bond donors (Lipinski definition) is 1. The summed E-state index contributed by atoms with van der Waals surface area (Å²) in [5.74, 6) is -0.513. The Balaban J connectivity index is 1.66. The third-order valence-electron chi connectivity index (χ3n) is 4.31. The van der Waals surface area contributed by atoms with E-state index >= 15 is 0 Å². The summed E-state index contributed by atoms with van der Waals surface area (Å²) in [6, 6.07) is 22.6. The molecule has 3 nitrogen and oxygen atoms in total. The molecule has 1 N–H and O–H groups in total. The van der Waals surface area contributed by atoms with Gasteiger partial charge in [-0.05, 0) is 23.8 Å². The van der Waals surface area contributed by atoms with Gasteiger partial charge in [-0.25, -0.2) is 8.78 Å². The van der Waals surface area contributed by atoms with Gasteiger partial charge in [0.05, 0.1) is 0 Å². The van der Waals surface area contributed by atoms with E-state index in [0.717, 1.165) is 11.6 Å². The van der Waals surface area contributed by atoms with Crippen LogP contribution in [0.2, 0.25) is 0 Å². The maximum absolute atomic E-state index is 14.1. The van der Waals surface area contributed by atoms with E-state index in [9.17, 15) is 13.9 Å². The van der Waals surface area contributed by atoms with E-state index < -0.39 is 17.7 Å². The molecular weight excluding hydrogens is 360 g/mol. The highest BCUT2D eigenvalue weighted by Gasteiger charge is 2.16. The smallest absolute Gasteiger partial charge is 0.130 e. The first-order valence-electron chi connectivity index (χ1n) is 9.16. The molecule has 3 aromatic rings. The Morgan fingerprint density at radius 2 is 1.54 bits per heavy atom. The van der Waals surface area contributed by atoms with Crippen LogP contribution in [0.3, 0.4) is 0 Å². The molecule has 0 saturated heterocycles. The Morgan fingerprint density at radius 3 is 2.21 bits per heavy atom. The monoisotopic (exact) mass is 383 g/mol. The minimum absolute atomic E-state index is 0.126. The van der Waals surface area contributed by atoms with Gasteiger partial charge in [0.2, 0.25) is 0 Å². The van der Waals surface area contributed by atoms with Gasteiger partial charge in [0, 0.05) is 31.3 Å². The van der Waals surface area contributed by atoms with E-state index in [1.807, 2.05) is 65.6 Å². The van der Waals surface area contributed by atoms with Crippen LogP contribution in [0.4, 0.5) is 8.78 Å². The molecule has 0 heterocycles. The molecule has 0 spiro atoms. The van der Waals surface area contributed by atoms with Crippen molar-refractivity contribution in [3.8, 4) is 5.75 Å². The van der Waals surface area contributed by atoms with Crippen LogP contribution < -0.4 is 4.74 Å².